The Morgan fingerprint density at radius 2 is 2.25 bits per heavy atom. The molecule has 1 aromatic carbocycles. The van der Waals surface area contributed by atoms with Crippen molar-refractivity contribution in [2.24, 2.45) is 0 Å². The molecule has 0 saturated carbocycles. The second-order valence-electron chi connectivity index (χ2n) is 4.67. The zero-order valence-electron chi connectivity index (χ0n) is 10.9. The molecule has 0 unspecified atom stereocenters. The lowest BCUT2D eigenvalue weighted by atomic mass is 10.2. The van der Waals surface area contributed by atoms with Gasteiger partial charge in [0.2, 0.25) is 0 Å². The molecule has 1 amide bonds. The summed E-state index contributed by atoms with van der Waals surface area (Å²) in [6.45, 7) is -0.0196. The third-order valence-corrected chi connectivity index (χ3v) is 5.46. The maximum absolute atomic E-state index is 12.3. The number of hydrogen-bond acceptors (Lipinski definition) is 4. The highest BCUT2D eigenvalue weighted by Gasteiger charge is 2.17. The van der Waals surface area contributed by atoms with Gasteiger partial charge in [0.25, 0.3) is 5.91 Å². The van der Waals surface area contributed by atoms with Crippen LogP contribution in [0.2, 0.25) is 0 Å². The fraction of sp³-hybridized carbons (Fsp3) is 0.267. The Bertz CT molecular complexity index is 613. The fourth-order valence-electron chi connectivity index (χ4n) is 2.20. The molecule has 2 heterocycles. The van der Waals surface area contributed by atoms with Gasteiger partial charge in [0, 0.05) is 16.3 Å². The van der Waals surface area contributed by atoms with Crippen molar-refractivity contribution in [3.05, 3.63) is 51.2 Å². The molecule has 104 valence electrons. The predicted octanol–water partition coefficient (Wildman–Crippen LogP) is 3.28. The van der Waals surface area contributed by atoms with Crippen LogP contribution in [0.1, 0.15) is 25.7 Å². The van der Waals surface area contributed by atoms with Crippen LogP contribution in [0.15, 0.2) is 30.3 Å². The molecule has 3 rings (SSSR count). The topological polar surface area (TPSA) is 49.3 Å². The lowest BCUT2D eigenvalue weighted by molar-refractivity contribution is 0.103. The number of fused-ring (bicyclic) bond motifs is 1. The number of thioether (sulfide) groups is 1. The van der Waals surface area contributed by atoms with E-state index in [1.54, 1.807) is 17.4 Å². The summed E-state index contributed by atoms with van der Waals surface area (Å²) in [6.07, 6.45) is 1.07. The highest BCUT2D eigenvalue weighted by molar-refractivity contribution is 7.98. The van der Waals surface area contributed by atoms with Crippen LogP contribution in [0.5, 0.6) is 0 Å². The molecular weight excluding hydrogens is 290 g/mol. The Balaban J connectivity index is 1.77. The normalized spacial score (nSPS) is 13.8. The third-order valence-electron chi connectivity index (χ3n) is 3.22. The van der Waals surface area contributed by atoms with E-state index in [1.807, 2.05) is 36.0 Å². The Morgan fingerprint density at radius 1 is 1.35 bits per heavy atom. The number of rotatable bonds is 3. The predicted molar refractivity (Wildman–Crippen MR) is 84.5 cm³/mol. The molecule has 0 spiro atoms. The number of hydrogen-bond donors (Lipinski definition) is 2. The molecule has 2 N–H and O–H groups in total. The van der Waals surface area contributed by atoms with Crippen molar-refractivity contribution in [2.75, 3.05) is 11.1 Å². The van der Waals surface area contributed by atoms with E-state index in [0.29, 0.717) is 0 Å². The van der Waals surface area contributed by atoms with Gasteiger partial charge in [-0.05, 0) is 41.5 Å². The Hall–Kier alpha value is -1.30. The van der Waals surface area contributed by atoms with Crippen molar-refractivity contribution in [3.63, 3.8) is 0 Å². The molecule has 1 aromatic heterocycles. The van der Waals surface area contributed by atoms with E-state index in [2.05, 4.69) is 5.32 Å². The minimum absolute atomic E-state index is 0.0196. The lowest BCUT2D eigenvalue weighted by Gasteiger charge is -2.08. The van der Waals surface area contributed by atoms with E-state index in [9.17, 15) is 4.79 Å². The maximum Gasteiger partial charge on any atom is 0.265 e. The van der Waals surface area contributed by atoms with E-state index in [4.69, 9.17) is 5.11 Å². The van der Waals surface area contributed by atoms with Crippen LogP contribution in [-0.4, -0.2) is 16.8 Å². The summed E-state index contributed by atoms with van der Waals surface area (Å²) < 4.78 is 0. The summed E-state index contributed by atoms with van der Waals surface area (Å²) in [5.74, 6) is 2.09. The van der Waals surface area contributed by atoms with Crippen molar-refractivity contribution >= 4 is 34.7 Å². The minimum atomic E-state index is -0.0653. The number of benzene rings is 1. The van der Waals surface area contributed by atoms with E-state index >= 15 is 0 Å². The van der Waals surface area contributed by atoms with Crippen LogP contribution < -0.4 is 5.32 Å². The quantitative estimate of drug-likeness (QED) is 0.915. The number of carbonyl (C=O) groups is 1. The van der Waals surface area contributed by atoms with E-state index < -0.39 is 0 Å². The number of carbonyl (C=O) groups excluding carboxylic acids is 1. The van der Waals surface area contributed by atoms with E-state index in [-0.39, 0.29) is 12.5 Å². The first kappa shape index (κ1) is 13.7. The average molecular weight is 305 g/mol. The van der Waals surface area contributed by atoms with Crippen LogP contribution in [-0.2, 0) is 18.8 Å². The zero-order valence-corrected chi connectivity index (χ0v) is 12.5. The number of aliphatic hydroxyl groups is 1. The van der Waals surface area contributed by atoms with Gasteiger partial charge in [0.05, 0.1) is 11.5 Å². The van der Waals surface area contributed by atoms with Crippen LogP contribution in [0.3, 0.4) is 0 Å². The molecule has 0 atom stereocenters. The van der Waals surface area contributed by atoms with Gasteiger partial charge >= 0.3 is 0 Å². The zero-order chi connectivity index (χ0) is 13.9. The molecule has 0 bridgehead atoms. The molecule has 0 saturated heterocycles. The Kier molecular flexibility index (Phi) is 4.10. The van der Waals surface area contributed by atoms with Crippen molar-refractivity contribution < 1.29 is 9.90 Å². The summed E-state index contributed by atoms with van der Waals surface area (Å²) in [5.41, 5.74) is 2.83. The van der Waals surface area contributed by atoms with Crippen LogP contribution in [0.4, 0.5) is 5.69 Å². The first-order valence-corrected chi connectivity index (χ1v) is 8.44. The second kappa shape index (κ2) is 5.99. The largest absolute Gasteiger partial charge is 0.392 e. The molecule has 0 aliphatic carbocycles. The molecule has 20 heavy (non-hydrogen) atoms. The summed E-state index contributed by atoms with van der Waals surface area (Å²) in [6, 6.07) is 9.30. The SMILES string of the molecule is O=C(Nc1cccc(CO)c1)c1cc2c(s1)CCSC2. The van der Waals surface area contributed by atoms with Gasteiger partial charge in [-0.2, -0.15) is 11.8 Å². The standard InChI is InChI=1S/C15H15NO2S2/c17-8-10-2-1-3-12(6-10)16-15(18)14-7-11-9-19-5-4-13(11)20-14/h1-3,6-7,17H,4-5,8-9H2,(H,16,18). The van der Waals surface area contributed by atoms with Crippen LogP contribution in [0.25, 0.3) is 0 Å². The number of aliphatic hydroxyl groups excluding tert-OH is 1. The van der Waals surface area contributed by atoms with Crippen molar-refractivity contribution in [3.8, 4) is 0 Å². The number of nitrogens with one attached hydrogen (secondary N) is 1. The fourth-order valence-corrected chi connectivity index (χ4v) is 4.47. The molecule has 1 aliphatic rings. The number of thiophene rings is 1. The first-order chi connectivity index (χ1) is 9.76. The molecule has 2 aromatic rings. The molecule has 0 fully saturated rings. The highest BCUT2D eigenvalue weighted by atomic mass is 32.2. The van der Waals surface area contributed by atoms with Gasteiger partial charge in [-0.1, -0.05) is 12.1 Å². The van der Waals surface area contributed by atoms with E-state index in [1.165, 1.54) is 10.4 Å². The summed E-state index contributed by atoms with van der Waals surface area (Å²) >= 11 is 3.52. The first-order valence-electron chi connectivity index (χ1n) is 6.47. The molecule has 1 aliphatic heterocycles. The summed E-state index contributed by atoms with van der Waals surface area (Å²) in [7, 11) is 0. The van der Waals surface area contributed by atoms with Crippen molar-refractivity contribution in [2.45, 2.75) is 18.8 Å². The lowest BCUT2D eigenvalue weighted by Crippen LogP contribution is -2.10. The summed E-state index contributed by atoms with van der Waals surface area (Å²) in [5, 5.41) is 12.0. The smallest absolute Gasteiger partial charge is 0.265 e. The number of anilines is 1. The monoisotopic (exact) mass is 305 g/mol. The van der Waals surface area contributed by atoms with Crippen LogP contribution >= 0.6 is 23.1 Å². The van der Waals surface area contributed by atoms with Gasteiger partial charge in [0.15, 0.2) is 0 Å². The molecule has 0 radical (unpaired) electrons. The molecule has 3 nitrogen and oxygen atoms in total. The summed E-state index contributed by atoms with van der Waals surface area (Å²) in [4.78, 5) is 14.4. The van der Waals surface area contributed by atoms with E-state index in [0.717, 1.165) is 34.1 Å². The third kappa shape index (κ3) is 2.90. The van der Waals surface area contributed by atoms with Crippen molar-refractivity contribution in [1.29, 1.82) is 0 Å². The van der Waals surface area contributed by atoms with Gasteiger partial charge in [-0.15, -0.1) is 11.3 Å². The molecular formula is C15H15NO2S2. The number of amides is 1. The Morgan fingerprint density at radius 3 is 3.05 bits per heavy atom. The van der Waals surface area contributed by atoms with Gasteiger partial charge in [-0.3, -0.25) is 4.79 Å². The van der Waals surface area contributed by atoms with Gasteiger partial charge in [0.1, 0.15) is 0 Å². The van der Waals surface area contributed by atoms with Gasteiger partial charge in [-0.25, -0.2) is 0 Å². The number of aryl methyl sites for hydroxylation is 1. The highest BCUT2D eigenvalue weighted by Crippen LogP contribution is 2.32. The van der Waals surface area contributed by atoms with Crippen molar-refractivity contribution in [1.82, 2.24) is 0 Å². The van der Waals surface area contributed by atoms with Crippen LogP contribution in [0, 0.1) is 0 Å². The second-order valence-corrected chi connectivity index (χ2v) is 6.92. The van der Waals surface area contributed by atoms with Gasteiger partial charge < -0.3 is 10.4 Å². The minimum Gasteiger partial charge on any atom is -0.392 e. The maximum atomic E-state index is 12.3. The molecule has 5 heteroatoms. The average Bonchev–Trinajstić information content (AvgIpc) is 2.91. The Labute approximate surface area is 126 Å².